The summed E-state index contributed by atoms with van der Waals surface area (Å²) in [5.74, 6) is -1.37. The molecular weight excluding hydrogens is 392 g/mol. The lowest BCUT2D eigenvalue weighted by molar-refractivity contribution is -0.124. The topological polar surface area (TPSA) is 200 Å². The van der Waals surface area contributed by atoms with Crippen LogP contribution in [0.25, 0.3) is 10.9 Å². The molecule has 1 amide bonds. The van der Waals surface area contributed by atoms with E-state index in [2.05, 4.69) is 10.3 Å². The van der Waals surface area contributed by atoms with Gasteiger partial charge in [-0.25, -0.2) is 0 Å². The lowest BCUT2D eigenvalue weighted by Gasteiger charge is -2.14. The fourth-order valence-electron chi connectivity index (χ4n) is 2.49. The number of amides is 1. The summed E-state index contributed by atoms with van der Waals surface area (Å²) >= 11 is 0. The molecule has 11 heteroatoms. The van der Waals surface area contributed by atoms with Gasteiger partial charge in [-0.1, -0.05) is 30.3 Å². The van der Waals surface area contributed by atoms with E-state index < -0.39 is 32.8 Å². The molecule has 150 valence electrons. The summed E-state index contributed by atoms with van der Waals surface area (Å²) in [5.41, 5.74) is -0.102. The van der Waals surface area contributed by atoms with Crippen LogP contribution in [0.5, 0.6) is 5.75 Å². The number of phenols is 1. The Kier molecular flexibility index (Phi) is 7.16. The zero-order valence-corrected chi connectivity index (χ0v) is 15.0. The highest BCUT2D eigenvalue weighted by Crippen LogP contribution is 2.36. The number of aromatic nitrogens is 1. The van der Waals surface area contributed by atoms with Gasteiger partial charge < -0.3 is 26.5 Å². The second-order valence-electron chi connectivity index (χ2n) is 5.45. The number of hydrogen-bond donors (Lipinski definition) is 4. The number of aromatic hydroxyl groups is 1. The van der Waals surface area contributed by atoms with Crippen LogP contribution in [0.3, 0.4) is 0 Å². The minimum absolute atomic E-state index is 0. The first-order chi connectivity index (χ1) is 12.3. The number of pyridine rings is 1. The molecule has 28 heavy (non-hydrogen) atoms. The number of aliphatic hydroxyl groups is 1. The number of rotatable bonds is 4. The fourth-order valence-corrected chi connectivity index (χ4v) is 3.20. The van der Waals surface area contributed by atoms with Gasteiger partial charge in [0.15, 0.2) is 11.9 Å². The molecule has 1 unspecified atom stereocenters. The lowest BCUT2D eigenvalue weighted by atomic mass is 10.1. The van der Waals surface area contributed by atoms with Crippen LogP contribution in [0.1, 0.15) is 11.7 Å². The van der Waals surface area contributed by atoms with Crippen LogP contribution in [-0.2, 0) is 14.9 Å². The van der Waals surface area contributed by atoms with E-state index >= 15 is 0 Å². The van der Waals surface area contributed by atoms with Gasteiger partial charge in [0.1, 0.15) is 10.4 Å². The molecule has 0 aliphatic heterocycles. The Morgan fingerprint density at radius 3 is 2.32 bits per heavy atom. The van der Waals surface area contributed by atoms with Crippen LogP contribution in [0.2, 0.25) is 0 Å². The summed E-state index contributed by atoms with van der Waals surface area (Å²) in [6.45, 7) is 0. The van der Waals surface area contributed by atoms with Crippen molar-refractivity contribution in [3.63, 3.8) is 0 Å². The number of carbonyl (C=O) groups is 1. The number of carbonyl (C=O) groups excluding carboxylic acids is 1. The molecule has 0 aliphatic carbocycles. The molecule has 3 rings (SSSR count). The second kappa shape index (κ2) is 8.73. The third kappa shape index (κ3) is 4.42. The number of aliphatic hydroxyl groups excluding tert-OH is 1. The van der Waals surface area contributed by atoms with Crippen molar-refractivity contribution in [1.82, 2.24) is 4.98 Å². The Morgan fingerprint density at radius 1 is 1.07 bits per heavy atom. The summed E-state index contributed by atoms with van der Waals surface area (Å²) in [4.78, 5) is 15.6. The van der Waals surface area contributed by atoms with E-state index in [1.165, 1.54) is 30.5 Å². The Hall–Kier alpha value is -3.09. The van der Waals surface area contributed by atoms with Crippen LogP contribution >= 0.6 is 0 Å². The normalized spacial score (nSPS) is 11.8. The van der Waals surface area contributed by atoms with Gasteiger partial charge in [0.2, 0.25) is 0 Å². The first-order valence-electron chi connectivity index (χ1n) is 7.41. The van der Waals surface area contributed by atoms with Crippen molar-refractivity contribution >= 4 is 32.6 Å². The van der Waals surface area contributed by atoms with Crippen molar-refractivity contribution in [2.24, 2.45) is 0 Å². The molecule has 1 heterocycles. The van der Waals surface area contributed by atoms with E-state index in [-0.39, 0.29) is 27.5 Å². The third-order valence-corrected chi connectivity index (χ3v) is 4.62. The summed E-state index contributed by atoms with van der Waals surface area (Å²) in [7, 11) is -4.64. The van der Waals surface area contributed by atoms with Gasteiger partial charge in [-0.2, -0.15) is 8.42 Å². The molecule has 2 aromatic carbocycles. The highest BCUT2D eigenvalue weighted by Gasteiger charge is 2.23. The van der Waals surface area contributed by atoms with E-state index in [4.69, 9.17) is 0 Å². The zero-order valence-electron chi connectivity index (χ0n) is 14.2. The minimum Gasteiger partial charge on any atom is -0.504 e. The fraction of sp³-hybridized carbons (Fsp3) is 0.0588. The van der Waals surface area contributed by atoms with Gasteiger partial charge in [-0.3, -0.25) is 14.3 Å². The van der Waals surface area contributed by atoms with Gasteiger partial charge in [0.25, 0.3) is 16.0 Å². The summed E-state index contributed by atoms with van der Waals surface area (Å²) in [6.07, 6.45) is -0.218. The largest absolute Gasteiger partial charge is 0.504 e. The van der Waals surface area contributed by atoms with E-state index in [1.54, 1.807) is 18.2 Å². The van der Waals surface area contributed by atoms with E-state index in [0.717, 1.165) is 6.07 Å². The van der Waals surface area contributed by atoms with E-state index in [1.807, 2.05) is 0 Å². The maximum absolute atomic E-state index is 12.3. The van der Waals surface area contributed by atoms with Gasteiger partial charge in [-0.15, -0.1) is 0 Å². The van der Waals surface area contributed by atoms with Crippen molar-refractivity contribution in [2.45, 2.75) is 11.0 Å². The first kappa shape index (κ1) is 23.0. The second-order valence-corrected chi connectivity index (χ2v) is 6.84. The molecular formula is C17H18N2O8S. The SMILES string of the molecule is O.O.O=C(Nc1cc(S(=O)(=O)O)c2cccnc2c1O)C(O)c1ccccc1. The first-order valence-corrected chi connectivity index (χ1v) is 8.85. The van der Waals surface area contributed by atoms with Crippen LogP contribution < -0.4 is 5.32 Å². The van der Waals surface area contributed by atoms with Crippen LogP contribution in [0.4, 0.5) is 5.69 Å². The number of nitrogens with zero attached hydrogens (tertiary/aromatic N) is 1. The molecule has 10 nitrogen and oxygen atoms in total. The maximum atomic E-state index is 12.3. The van der Waals surface area contributed by atoms with E-state index in [0.29, 0.717) is 5.56 Å². The number of fused-ring (bicyclic) bond motifs is 1. The van der Waals surface area contributed by atoms with Gasteiger partial charge in [-0.05, 0) is 23.8 Å². The predicted octanol–water partition coefficient (Wildman–Crippen LogP) is 0.210. The van der Waals surface area contributed by atoms with Gasteiger partial charge in [0.05, 0.1) is 5.69 Å². The molecule has 8 N–H and O–H groups in total. The Labute approximate surface area is 159 Å². The molecule has 0 aliphatic rings. The number of phenolic OH excluding ortho intramolecular Hbond substituents is 1. The third-order valence-electron chi connectivity index (χ3n) is 3.73. The molecule has 3 aromatic rings. The van der Waals surface area contributed by atoms with Crippen molar-refractivity contribution < 1.29 is 38.9 Å². The molecule has 0 bridgehead atoms. The number of benzene rings is 2. The maximum Gasteiger partial charge on any atom is 0.295 e. The number of nitrogens with one attached hydrogen (secondary N) is 1. The molecule has 0 saturated heterocycles. The quantitative estimate of drug-likeness (QED) is 0.347. The number of hydrogen-bond acceptors (Lipinski definition) is 6. The summed E-state index contributed by atoms with van der Waals surface area (Å²) in [5, 5.41) is 22.7. The molecule has 0 spiro atoms. The molecule has 1 atom stereocenters. The standard InChI is InChI=1S/C17H14N2O6S.2H2O/c20-15(10-5-2-1-3-6-10)17(22)19-12-9-13(26(23,24)25)11-7-4-8-18-14(11)16(12)21;;/h1-9,15,20-21H,(H,19,22)(H,23,24,25);2*1H2. The average molecular weight is 410 g/mol. The van der Waals surface area contributed by atoms with Crippen LogP contribution in [0, 0.1) is 0 Å². The average Bonchev–Trinajstić information content (AvgIpc) is 2.63. The Morgan fingerprint density at radius 2 is 1.71 bits per heavy atom. The highest BCUT2D eigenvalue weighted by molar-refractivity contribution is 7.86. The van der Waals surface area contributed by atoms with Crippen molar-refractivity contribution in [1.29, 1.82) is 0 Å². The van der Waals surface area contributed by atoms with Crippen molar-refractivity contribution in [2.75, 3.05) is 5.32 Å². The van der Waals surface area contributed by atoms with Crippen LogP contribution in [0.15, 0.2) is 59.6 Å². The van der Waals surface area contributed by atoms with Crippen LogP contribution in [-0.4, -0.2) is 45.0 Å². The molecule has 0 saturated carbocycles. The van der Waals surface area contributed by atoms with Crippen molar-refractivity contribution in [3.8, 4) is 5.75 Å². The lowest BCUT2D eigenvalue weighted by Crippen LogP contribution is -2.21. The van der Waals surface area contributed by atoms with Crippen molar-refractivity contribution in [3.05, 3.63) is 60.3 Å². The smallest absolute Gasteiger partial charge is 0.295 e. The summed E-state index contributed by atoms with van der Waals surface area (Å²) in [6, 6.07) is 11.8. The summed E-state index contributed by atoms with van der Waals surface area (Å²) < 4.78 is 32.7. The monoisotopic (exact) mass is 410 g/mol. The van der Waals surface area contributed by atoms with Gasteiger partial charge in [0, 0.05) is 11.6 Å². The molecule has 1 aromatic heterocycles. The minimum atomic E-state index is -4.64. The zero-order chi connectivity index (χ0) is 18.9. The number of anilines is 1. The van der Waals surface area contributed by atoms with E-state index in [9.17, 15) is 28.0 Å². The molecule has 0 fully saturated rings. The Bertz CT molecular complexity index is 1090. The predicted molar refractivity (Wildman–Crippen MR) is 100 cm³/mol. The Balaban J connectivity index is 0.00000196. The highest BCUT2D eigenvalue weighted by atomic mass is 32.2. The van der Waals surface area contributed by atoms with Gasteiger partial charge >= 0.3 is 0 Å². The molecule has 0 radical (unpaired) electrons.